The highest BCUT2D eigenvalue weighted by atomic mass is 16.1. The number of nitrogens with one attached hydrogen (secondary N) is 2. The summed E-state index contributed by atoms with van der Waals surface area (Å²) in [6, 6.07) is 13.3. The number of nitriles is 1. The molecule has 0 spiro atoms. The van der Waals surface area contributed by atoms with Crippen LogP contribution < -0.4 is 5.32 Å². The van der Waals surface area contributed by atoms with E-state index in [0.29, 0.717) is 11.4 Å². The summed E-state index contributed by atoms with van der Waals surface area (Å²) >= 11 is 0. The number of fused-ring (bicyclic) bond motifs is 1. The van der Waals surface area contributed by atoms with E-state index < -0.39 is 0 Å². The second kappa shape index (κ2) is 7.41. The molecule has 0 unspecified atom stereocenters. The van der Waals surface area contributed by atoms with E-state index in [4.69, 9.17) is 5.26 Å². The Labute approximate surface area is 167 Å². The van der Waals surface area contributed by atoms with E-state index in [1.165, 1.54) is 6.08 Å². The lowest BCUT2D eigenvalue weighted by atomic mass is 9.96. The van der Waals surface area contributed by atoms with Gasteiger partial charge in [0.2, 0.25) is 5.91 Å². The van der Waals surface area contributed by atoms with E-state index >= 15 is 0 Å². The molecule has 2 N–H and O–H groups in total. The number of carbonyl (C=O) groups excluding carboxylic acids is 1. The normalized spacial score (nSPS) is 10.5. The second-order valence-electron chi connectivity index (χ2n) is 6.54. The fourth-order valence-electron chi connectivity index (χ4n) is 3.39. The highest BCUT2D eigenvalue weighted by Crippen LogP contribution is 2.35. The Morgan fingerprint density at radius 1 is 1.21 bits per heavy atom. The van der Waals surface area contributed by atoms with Gasteiger partial charge in [-0.1, -0.05) is 18.7 Å². The van der Waals surface area contributed by atoms with E-state index in [2.05, 4.69) is 32.9 Å². The molecular formula is C23H17N5O. The summed E-state index contributed by atoms with van der Waals surface area (Å²) in [6.07, 6.45) is 6.58. The number of H-pyrrole nitrogens is 1. The number of aryl methyl sites for hydroxylation is 1. The summed E-state index contributed by atoms with van der Waals surface area (Å²) in [6.45, 7) is 5.52. The number of hydrogen-bond acceptors (Lipinski definition) is 4. The maximum Gasteiger partial charge on any atom is 0.247 e. The average molecular weight is 379 g/mol. The van der Waals surface area contributed by atoms with Crippen molar-refractivity contribution in [2.75, 3.05) is 5.32 Å². The van der Waals surface area contributed by atoms with Crippen molar-refractivity contribution in [3.63, 3.8) is 0 Å². The number of aromatic amines is 1. The molecule has 1 aromatic carbocycles. The van der Waals surface area contributed by atoms with Gasteiger partial charge in [-0.25, -0.2) is 9.97 Å². The zero-order valence-corrected chi connectivity index (χ0v) is 15.7. The Hall–Kier alpha value is -4.24. The largest absolute Gasteiger partial charge is 0.346 e. The van der Waals surface area contributed by atoms with E-state index in [1.54, 1.807) is 12.3 Å². The van der Waals surface area contributed by atoms with Crippen molar-refractivity contribution in [2.24, 2.45) is 0 Å². The third-order valence-corrected chi connectivity index (χ3v) is 4.77. The van der Waals surface area contributed by atoms with Crippen LogP contribution in [0.2, 0.25) is 0 Å². The molecule has 0 bridgehead atoms. The number of nitrogens with zero attached hydrogens (tertiary/aromatic N) is 3. The smallest absolute Gasteiger partial charge is 0.247 e. The zero-order valence-electron chi connectivity index (χ0n) is 15.7. The van der Waals surface area contributed by atoms with Crippen molar-refractivity contribution in [2.45, 2.75) is 6.92 Å². The van der Waals surface area contributed by atoms with Crippen LogP contribution in [-0.4, -0.2) is 20.9 Å². The van der Waals surface area contributed by atoms with Crippen LogP contribution in [0, 0.1) is 18.3 Å². The molecule has 3 heterocycles. The first-order valence-corrected chi connectivity index (χ1v) is 8.98. The first-order valence-electron chi connectivity index (χ1n) is 8.98. The van der Waals surface area contributed by atoms with Gasteiger partial charge in [0.05, 0.1) is 0 Å². The Kier molecular flexibility index (Phi) is 4.63. The van der Waals surface area contributed by atoms with Gasteiger partial charge in [-0.05, 0) is 54.0 Å². The van der Waals surface area contributed by atoms with Crippen LogP contribution >= 0.6 is 0 Å². The average Bonchev–Trinajstić information content (AvgIpc) is 3.19. The number of pyridine rings is 2. The van der Waals surface area contributed by atoms with Gasteiger partial charge in [-0.15, -0.1) is 0 Å². The van der Waals surface area contributed by atoms with E-state index in [0.717, 1.165) is 38.9 Å². The van der Waals surface area contributed by atoms with Crippen LogP contribution in [0.4, 0.5) is 5.69 Å². The minimum atomic E-state index is -0.258. The van der Waals surface area contributed by atoms with Crippen molar-refractivity contribution in [1.82, 2.24) is 15.0 Å². The molecule has 0 aliphatic heterocycles. The van der Waals surface area contributed by atoms with Crippen LogP contribution in [0.15, 0.2) is 67.6 Å². The standard InChI is InChI=1S/C23H17N5O/c1-3-21(29)28-17-6-4-5-15(9-17)19-12-26-23-22(14(19)2)20(13-27-23)16-7-8-25-18(10-16)11-24/h3-10,12-13H,1H2,2H3,(H,26,27)(H,28,29). The Bertz CT molecular complexity index is 1300. The topological polar surface area (TPSA) is 94.5 Å². The molecular weight excluding hydrogens is 362 g/mol. The van der Waals surface area contributed by atoms with Gasteiger partial charge in [0.25, 0.3) is 0 Å². The molecule has 0 aliphatic rings. The Morgan fingerprint density at radius 3 is 2.83 bits per heavy atom. The van der Waals surface area contributed by atoms with E-state index in [9.17, 15) is 4.79 Å². The molecule has 0 saturated carbocycles. The SMILES string of the molecule is C=CC(=O)Nc1cccc(-c2cnc3[nH]cc(-c4ccnc(C#N)c4)c3c2C)c1. The van der Waals surface area contributed by atoms with Gasteiger partial charge >= 0.3 is 0 Å². The number of carbonyl (C=O) groups is 1. The van der Waals surface area contributed by atoms with Crippen molar-refractivity contribution >= 4 is 22.6 Å². The van der Waals surface area contributed by atoms with Gasteiger partial charge in [0, 0.05) is 40.8 Å². The number of aromatic nitrogens is 3. The lowest BCUT2D eigenvalue weighted by molar-refractivity contribution is -0.111. The molecule has 6 nitrogen and oxygen atoms in total. The molecule has 0 saturated heterocycles. The number of anilines is 1. The maximum atomic E-state index is 11.6. The van der Waals surface area contributed by atoms with Gasteiger partial charge in [0.15, 0.2) is 0 Å². The van der Waals surface area contributed by atoms with Crippen LogP contribution in [0.25, 0.3) is 33.3 Å². The lowest BCUT2D eigenvalue weighted by Crippen LogP contribution is -2.07. The summed E-state index contributed by atoms with van der Waals surface area (Å²) in [7, 11) is 0. The molecule has 3 aromatic heterocycles. The van der Waals surface area contributed by atoms with Crippen LogP contribution in [0.3, 0.4) is 0 Å². The quantitative estimate of drug-likeness (QED) is 0.507. The molecule has 6 heteroatoms. The fourth-order valence-corrected chi connectivity index (χ4v) is 3.39. The van der Waals surface area contributed by atoms with Gasteiger partial charge < -0.3 is 10.3 Å². The van der Waals surface area contributed by atoms with Crippen LogP contribution in [-0.2, 0) is 4.79 Å². The lowest BCUT2D eigenvalue weighted by Gasteiger charge is -2.11. The van der Waals surface area contributed by atoms with Gasteiger partial charge in [-0.3, -0.25) is 4.79 Å². The zero-order chi connectivity index (χ0) is 20.4. The van der Waals surface area contributed by atoms with Crippen molar-refractivity contribution in [3.8, 4) is 28.3 Å². The maximum absolute atomic E-state index is 11.6. The summed E-state index contributed by atoms with van der Waals surface area (Å²) in [5, 5.41) is 12.9. The van der Waals surface area contributed by atoms with E-state index in [-0.39, 0.29) is 5.91 Å². The molecule has 0 atom stereocenters. The first-order chi connectivity index (χ1) is 14.1. The van der Waals surface area contributed by atoms with Gasteiger partial charge in [-0.2, -0.15) is 5.26 Å². The molecule has 0 fully saturated rings. The number of hydrogen-bond donors (Lipinski definition) is 2. The summed E-state index contributed by atoms with van der Waals surface area (Å²) < 4.78 is 0. The number of amides is 1. The minimum absolute atomic E-state index is 0.258. The Balaban J connectivity index is 1.85. The highest BCUT2D eigenvalue weighted by molar-refractivity contribution is 6.01. The molecule has 140 valence electrons. The predicted octanol–water partition coefficient (Wildman–Crippen LogP) is 4.60. The van der Waals surface area contributed by atoms with Crippen molar-refractivity contribution in [1.29, 1.82) is 5.26 Å². The molecule has 4 rings (SSSR count). The van der Waals surface area contributed by atoms with Crippen LogP contribution in [0.5, 0.6) is 0 Å². The van der Waals surface area contributed by atoms with E-state index in [1.807, 2.05) is 49.6 Å². The first kappa shape index (κ1) is 18.1. The summed E-state index contributed by atoms with van der Waals surface area (Å²) in [5.74, 6) is -0.258. The second-order valence-corrected chi connectivity index (χ2v) is 6.54. The third kappa shape index (κ3) is 3.37. The number of benzene rings is 1. The van der Waals surface area contributed by atoms with Crippen molar-refractivity contribution in [3.05, 3.63) is 78.9 Å². The third-order valence-electron chi connectivity index (χ3n) is 4.77. The molecule has 1 amide bonds. The predicted molar refractivity (Wildman–Crippen MR) is 113 cm³/mol. The molecule has 0 radical (unpaired) electrons. The van der Waals surface area contributed by atoms with Crippen LogP contribution in [0.1, 0.15) is 11.3 Å². The molecule has 29 heavy (non-hydrogen) atoms. The summed E-state index contributed by atoms with van der Waals surface area (Å²) in [5.41, 5.74) is 6.64. The monoisotopic (exact) mass is 379 g/mol. The highest BCUT2D eigenvalue weighted by Gasteiger charge is 2.14. The fraction of sp³-hybridized carbons (Fsp3) is 0.0435. The summed E-state index contributed by atoms with van der Waals surface area (Å²) in [4.78, 5) is 23.4. The minimum Gasteiger partial charge on any atom is -0.346 e. The van der Waals surface area contributed by atoms with Gasteiger partial charge in [0.1, 0.15) is 17.4 Å². The number of rotatable bonds is 4. The Morgan fingerprint density at radius 2 is 2.03 bits per heavy atom. The molecule has 4 aromatic rings. The van der Waals surface area contributed by atoms with Crippen molar-refractivity contribution < 1.29 is 4.79 Å². The molecule has 0 aliphatic carbocycles.